The van der Waals surface area contributed by atoms with Gasteiger partial charge in [-0.25, -0.2) is 8.78 Å². The molecule has 2 aromatic carbocycles. The van der Waals surface area contributed by atoms with Gasteiger partial charge in [-0.2, -0.15) is 0 Å². The molecule has 0 amide bonds. The van der Waals surface area contributed by atoms with Gasteiger partial charge in [-0.1, -0.05) is 12.8 Å². The zero-order valence-corrected chi connectivity index (χ0v) is 24.4. The average molecular weight is 611 g/mol. The second-order valence-corrected chi connectivity index (χ2v) is 12.4. The highest BCUT2D eigenvalue weighted by molar-refractivity contribution is 5.90. The molecule has 44 heavy (non-hydrogen) atoms. The van der Waals surface area contributed by atoms with Crippen LogP contribution in [-0.2, 0) is 19.2 Å². The van der Waals surface area contributed by atoms with E-state index < -0.39 is 59.9 Å². The molecule has 6 rings (SSSR count). The Morgan fingerprint density at radius 3 is 1.36 bits per heavy atom. The number of hydrogen-bond acceptors (Lipinski definition) is 8. The molecule has 3 fully saturated rings. The topological polar surface area (TPSA) is 105 Å². The van der Waals surface area contributed by atoms with Crippen LogP contribution in [0.2, 0.25) is 0 Å². The van der Waals surface area contributed by atoms with Crippen molar-refractivity contribution in [2.75, 3.05) is 0 Å². The number of carbonyl (C=O) groups is 4. The normalized spacial score (nSPS) is 28.7. The molecule has 1 aliphatic heterocycles. The van der Waals surface area contributed by atoms with Crippen molar-refractivity contribution in [3.05, 3.63) is 36.4 Å². The first-order valence-corrected chi connectivity index (χ1v) is 15.7. The number of alkyl halides is 2. The summed E-state index contributed by atoms with van der Waals surface area (Å²) in [6, 6.07) is 9.11. The zero-order chi connectivity index (χ0) is 30.8. The molecule has 0 unspecified atom stereocenters. The van der Waals surface area contributed by atoms with Gasteiger partial charge in [-0.15, -0.1) is 0 Å². The summed E-state index contributed by atoms with van der Waals surface area (Å²) in [6.07, 6.45) is 3.53. The Morgan fingerprint density at radius 2 is 0.977 bits per heavy atom. The SMILES string of the molecule is O=C(Oc1ccc2c(c1)-c1cc(OC(=O)C3CCC(F)CC3)ccc1OC(=O)[C@H]1CCCC[C@@H]1C(=O)O2)C1CCC(F)CC1. The van der Waals surface area contributed by atoms with Crippen LogP contribution >= 0.6 is 0 Å². The maximum absolute atomic E-state index is 13.6. The van der Waals surface area contributed by atoms with Crippen LogP contribution in [-0.4, -0.2) is 36.2 Å². The third kappa shape index (κ3) is 6.64. The molecular formula is C34H36F2O8. The van der Waals surface area contributed by atoms with Crippen molar-refractivity contribution >= 4 is 23.9 Å². The lowest BCUT2D eigenvalue weighted by Crippen LogP contribution is -2.37. The Hall–Kier alpha value is -3.82. The van der Waals surface area contributed by atoms with E-state index in [0.717, 1.165) is 12.8 Å². The summed E-state index contributed by atoms with van der Waals surface area (Å²) in [5.74, 6) is -3.54. The molecule has 10 heteroatoms. The van der Waals surface area contributed by atoms with Crippen molar-refractivity contribution in [1.29, 1.82) is 0 Å². The van der Waals surface area contributed by atoms with Crippen LogP contribution in [0.5, 0.6) is 23.0 Å². The Kier molecular flexibility index (Phi) is 8.96. The van der Waals surface area contributed by atoms with Crippen LogP contribution in [0.4, 0.5) is 8.78 Å². The van der Waals surface area contributed by atoms with E-state index in [0.29, 0.717) is 75.3 Å². The Balaban J connectivity index is 1.34. The summed E-state index contributed by atoms with van der Waals surface area (Å²) >= 11 is 0. The minimum absolute atomic E-state index is 0.168. The molecule has 0 aromatic heterocycles. The van der Waals surface area contributed by atoms with Crippen LogP contribution in [0.25, 0.3) is 11.1 Å². The van der Waals surface area contributed by atoms with E-state index >= 15 is 0 Å². The molecule has 234 valence electrons. The minimum Gasteiger partial charge on any atom is -0.426 e. The lowest BCUT2D eigenvalue weighted by molar-refractivity contribution is -0.152. The number of halogens is 2. The first-order valence-electron chi connectivity index (χ1n) is 15.7. The highest BCUT2D eigenvalue weighted by Gasteiger charge is 2.40. The number of fused-ring (bicyclic) bond motifs is 4. The van der Waals surface area contributed by atoms with E-state index in [2.05, 4.69) is 0 Å². The van der Waals surface area contributed by atoms with E-state index in [4.69, 9.17) is 18.9 Å². The summed E-state index contributed by atoms with van der Waals surface area (Å²) in [5, 5.41) is 0. The fraction of sp³-hybridized carbons (Fsp3) is 0.529. The predicted octanol–water partition coefficient (Wildman–Crippen LogP) is 6.85. The third-order valence-corrected chi connectivity index (χ3v) is 9.40. The van der Waals surface area contributed by atoms with Gasteiger partial charge in [-0.3, -0.25) is 19.2 Å². The maximum atomic E-state index is 13.6. The fourth-order valence-corrected chi connectivity index (χ4v) is 6.78. The van der Waals surface area contributed by atoms with Gasteiger partial charge in [0.1, 0.15) is 35.3 Å². The highest BCUT2D eigenvalue weighted by Crippen LogP contribution is 2.44. The van der Waals surface area contributed by atoms with Gasteiger partial charge in [0, 0.05) is 11.1 Å². The van der Waals surface area contributed by atoms with Gasteiger partial charge in [0.15, 0.2) is 0 Å². The smallest absolute Gasteiger partial charge is 0.315 e. The number of benzene rings is 2. The summed E-state index contributed by atoms with van der Waals surface area (Å²) in [4.78, 5) is 52.6. The van der Waals surface area contributed by atoms with E-state index in [1.165, 1.54) is 36.4 Å². The van der Waals surface area contributed by atoms with Crippen LogP contribution < -0.4 is 18.9 Å². The van der Waals surface area contributed by atoms with E-state index in [-0.39, 0.29) is 23.0 Å². The second-order valence-electron chi connectivity index (χ2n) is 12.4. The molecule has 3 aliphatic carbocycles. The number of carbonyl (C=O) groups excluding carboxylic acids is 4. The van der Waals surface area contributed by atoms with Gasteiger partial charge in [-0.05, 0) is 101 Å². The van der Waals surface area contributed by atoms with E-state index in [9.17, 15) is 28.0 Å². The van der Waals surface area contributed by atoms with Gasteiger partial charge in [0.05, 0.1) is 23.7 Å². The van der Waals surface area contributed by atoms with Crippen molar-refractivity contribution in [3.8, 4) is 34.1 Å². The van der Waals surface area contributed by atoms with Crippen LogP contribution in [0.15, 0.2) is 36.4 Å². The molecule has 0 bridgehead atoms. The molecule has 0 spiro atoms. The van der Waals surface area contributed by atoms with Crippen molar-refractivity contribution < 1.29 is 46.9 Å². The molecule has 0 radical (unpaired) electrons. The molecular weight excluding hydrogens is 574 g/mol. The number of ether oxygens (including phenoxy) is 4. The van der Waals surface area contributed by atoms with E-state index in [1.54, 1.807) is 0 Å². The number of esters is 4. The molecule has 2 aromatic rings. The minimum atomic E-state index is -0.914. The van der Waals surface area contributed by atoms with Crippen molar-refractivity contribution in [1.82, 2.24) is 0 Å². The van der Waals surface area contributed by atoms with Crippen molar-refractivity contribution in [2.45, 2.75) is 89.4 Å². The molecule has 3 saturated carbocycles. The largest absolute Gasteiger partial charge is 0.426 e. The Labute approximate surface area is 254 Å². The molecule has 1 heterocycles. The lowest BCUT2D eigenvalue weighted by atomic mass is 9.79. The molecule has 0 N–H and O–H groups in total. The molecule has 0 saturated heterocycles. The molecule has 8 nitrogen and oxygen atoms in total. The maximum Gasteiger partial charge on any atom is 0.315 e. The van der Waals surface area contributed by atoms with Crippen LogP contribution in [0.1, 0.15) is 77.0 Å². The van der Waals surface area contributed by atoms with Gasteiger partial charge in [0.25, 0.3) is 0 Å². The molecule has 2 atom stereocenters. The van der Waals surface area contributed by atoms with Gasteiger partial charge >= 0.3 is 23.9 Å². The van der Waals surface area contributed by atoms with Crippen LogP contribution in [0.3, 0.4) is 0 Å². The Morgan fingerprint density at radius 1 is 0.591 bits per heavy atom. The average Bonchev–Trinajstić information content (AvgIpc) is 3.02. The lowest BCUT2D eigenvalue weighted by Gasteiger charge is -2.30. The van der Waals surface area contributed by atoms with Crippen molar-refractivity contribution in [2.24, 2.45) is 23.7 Å². The first-order chi connectivity index (χ1) is 21.2. The fourth-order valence-electron chi connectivity index (χ4n) is 6.78. The number of hydrogen-bond donors (Lipinski definition) is 0. The number of rotatable bonds is 4. The monoisotopic (exact) mass is 610 g/mol. The zero-order valence-electron chi connectivity index (χ0n) is 24.4. The standard InChI is InChI=1S/C34H36F2O8/c35-21-9-5-19(6-10-21)31(37)41-23-13-15-29-27(17-23)28-18-24(42-32(38)20-7-11-22(36)12-8-20)14-16-30(28)44-34(40)26-4-2-1-3-25(26)33(39)43-29/h13-22,25-26H,1-12H2/t19?,20?,21?,22?,25-,26-/m0/s1. The van der Waals surface area contributed by atoms with Crippen molar-refractivity contribution in [3.63, 3.8) is 0 Å². The van der Waals surface area contributed by atoms with Crippen LogP contribution in [0, 0.1) is 23.7 Å². The van der Waals surface area contributed by atoms with E-state index in [1.807, 2.05) is 0 Å². The third-order valence-electron chi connectivity index (χ3n) is 9.40. The van der Waals surface area contributed by atoms with Gasteiger partial charge < -0.3 is 18.9 Å². The summed E-state index contributed by atoms with van der Waals surface area (Å²) in [6.45, 7) is 0. The Bertz CT molecular complexity index is 1320. The predicted molar refractivity (Wildman–Crippen MR) is 154 cm³/mol. The first kappa shape index (κ1) is 30.2. The van der Waals surface area contributed by atoms with Gasteiger partial charge in [0.2, 0.25) is 0 Å². The summed E-state index contributed by atoms with van der Waals surface area (Å²) in [7, 11) is 0. The molecule has 4 aliphatic rings. The second kappa shape index (κ2) is 13.0. The summed E-state index contributed by atoms with van der Waals surface area (Å²) < 4.78 is 50.4. The highest BCUT2D eigenvalue weighted by atomic mass is 19.1. The summed E-state index contributed by atoms with van der Waals surface area (Å²) in [5.41, 5.74) is 0.591. The quantitative estimate of drug-likeness (QED) is 0.273.